The molecule has 0 spiro atoms. The molecule has 0 bridgehead atoms. The third-order valence-corrected chi connectivity index (χ3v) is 9.11. The van der Waals surface area contributed by atoms with Crippen molar-refractivity contribution in [2.45, 2.75) is 0 Å². The molecule has 9 aromatic rings. The predicted octanol–water partition coefficient (Wildman–Crippen LogP) is 10.1. The molecule has 0 fully saturated rings. The van der Waals surface area contributed by atoms with Gasteiger partial charge in [0.1, 0.15) is 0 Å². The molecule has 3 aromatic heterocycles. The van der Waals surface area contributed by atoms with Gasteiger partial charge in [0.15, 0.2) is 0 Å². The quantitative estimate of drug-likeness (QED) is 0.217. The van der Waals surface area contributed by atoms with Gasteiger partial charge in [0.25, 0.3) is 0 Å². The second kappa shape index (κ2) is 7.96. The van der Waals surface area contributed by atoms with Crippen molar-refractivity contribution in [3.05, 3.63) is 140 Å². The molecule has 0 unspecified atom stereocenters. The standard InChI is InChI=1S/C39H23N3/c1-2-13-30-25(9-1)29-18-20-36(31-21-22-40-39(30)38(29)31)42-35-16-8-5-12-28(35)32-23-24(17-19-37(32)42)41-33-14-6-3-10-26(33)27-11-4-7-15-34(27)41/h1-23H. The van der Waals surface area contributed by atoms with Crippen LogP contribution in [-0.2, 0) is 0 Å². The molecule has 1 aliphatic carbocycles. The van der Waals surface area contributed by atoms with Crippen LogP contribution in [0.5, 0.6) is 0 Å². The molecule has 10 rings (SSSR count). The van der Waals surface area contributed by atoms with E-state index < -0.39 is 0 Å². The van der Waals surface area contributed by atoms with Crippen molar-refractivity contribution in [3.63, 3.8) is 0 Å². The van der Waals surface area contributed by atoms with Crippen LogP contribution >= 0.6 is 0 Å². The highest BCUT2D eigenvalue weighted by Gasteiger charge is 2.25. The zero-order valence-corrected chi connectivity index (χ0v) is 22.6. The smallest absolute Gasteiger partial charge is 0.0793 e. The molecule has 3 heterocycles. The first-order valence-electron chi connectivity index (χ1n) is 14.4. The molecule has 0 saturated heterocycles. The average Bonchev–Trinajstić information content (AvgIpc) is 3.68. The number of hydrogen-bond acceptors (Lipinski definition) is 1. The van der Waals surface area contributed by atoms with E-state index in [0.717, 1.165) is 5.69 Å². The van der Waals surface area contributed by atoms with Gasteiger partial charge in [0.2, 0.25) is 0 Å². The average molecular weight is 534 g/mol. The molecule has 0 atom stereocenters. The van der Waals surface area contributed by atoms with Crippen molar-refractivity contribution in [3.8, 4) is 33.8 Å². The molecule has 3 nitrogen and oxygen atoms in total. The highest BCUT2D eigenvalue weighted by molar-refractivity contribution is 6.18. The zero-order chi connectivity index (χ0) is 27.4. The van der Waals surface area contributed by atoms with Gasteiger partial charge in [-0.05, 0) is 59.7 Å². The molecule has 194 valence electrons. The van der Waals surface area contributed by atoms with E-state index in [2.05, 4.69) is 143 Å². The van der Waals surface area contributed by atoms with Gasteiger partial charge in [-0.2, -0.15) is 0 Å². The summed E-state index contributed by atoms with van der Waals surface area (Å²) in [6.45, 7) is 0. The molecule has 6 aromatic carbocycles. The Morgan fingerprint density at radius 2 is 1.00 bits per heavy atom. The zero-order valence-electron chi connectivity index (χ0n) is 22.6. The van der Waals surface area contributed by atoms with Crippen molar-refractivity contribution < 1.29 is 0 Å². The van der Waals surface area contributed by atoms with Crippen LogP contribution in [0.15, 0.2) is 140 Å². The molecule has 0 N–H and O–H groups in total. The highest BCUT2D eigenvalue weighted by Crippen LogP contribution is 2.48. The van der Waals surface area contributed by atoms with Gasteiger partial charge in [0, 0.05) is 49.8 Å². The second-order valence-corrected chi connectivity index (χ2v) is 11.2. The van der Waals surface area contributed by atoms with E-state index in [4.69, 9.17) is 4.98 Å². The molecule has 1 aliphatic rings. The Morgan fingerprint density at radius 1 is 0.405 bits per heavy atom. The highest BCUT2D eigenvalue weighted by atomic mass is 15.0. The molecular formula is C39H23N3. The van der Waals surface area contributed by atoms with Crippen LogP contribution in [0.1, 0.15) is 0 Å². The van der Waals surface area contributed by atoms with E-state index in [1.165, 1.54) is 82.4 Å². The molecule has 0 radical (unpaired) electrons. The lowest BCUT2D eigenvalue weighted by atomic mass is 10.0. The number of hydrogen-bond donors (Lipinski definition) is 0. The van der Waals surface area contributed by atoms with Crippen LogP contribution in [0.3, 0.4) is 0 Å². The first-order valence-corrected chi connectivity index (χ1v) is 14.4. The number of benzene rings is 6. The summed E-state index contributed by atoms with van der Waals surface area (Å²) in [6, 6.07) is 48.5. The van der Waals surface area contributed by atoms with E-state index in [-0.39, 0.29) is 0 Å². The van der Waals surface area contributed by atoms with Crippen LogP contribution < -0.4 is 0 Å². The Kier molecular flexibility index (Phi) is 4.18. The third kappa shape index (κ3) is 2.72. The van der Waals surface area contributed by atoms with Gasteiger partial charge in [-0.25, -0.2) is 0 Å². The maximum atomic E-state index is 4.84. The minimum Gasteiger partial charge on any atom is -0.309 e. The number of pyridine rings is 1. The summed E-state index contributed by atoms with van der Waals surface area (Å²) in [5.41, 5.74) is 12.0. The number of aromatic nitrogens is 3. The minimum atomic E-state index is 1.08. The van der Waals surface area contributed by atoms with Gasteiger partial charge in [-0.15, -0.1) is 0 Å². The van der Waals surface area contributed by atoms with Crippen LogP contribution in [0.4, 0.5) is 0 Å². The van der Waals surface area contributed by atoms with Gasteiger partial charge in [-0.1, -0.05) is 84.9 Å². The summed E-state index contributed by atoms with van der Waals surface area (Å²) in [5.74, 6) is 0. The fraction of sp³-hybridized carbons (Fsp3) is 0. The second-order valence-electron chi connectivity index (χ2n) is 11.2. The topological polar surface area (TPSA) is 22.8 Å². The van der Waals surface area contributed by atoms with Gasteiger partial charge in [-0.3, -0.25) is 4.98 Å². The Labute approximate surface area is 241 Å². The molecule has 3 heteroatoms. The van der Waals surface area contributed by atoms with Crippen molar-refractivity contribution in [1.82, 2.24) is 14.1 Å². The van der Waals surface area contributed by atoms with Crippen molar-refractivity contribution >= 4 is 54.4 Å². The van der Waals surface area contributed by atoms with Gasteiger partial charge >= 0.3 is 0 Å². The van der Waals surface area contributed by atoms with E-state index in [1.54, 1.807) is 0 Å². The molecular weight excluding hydrogens is 510 g/mol. The predicted molar refractivity (Wildman–Crippen MR) is 175 cm³/mol. The normalized spacial score (nSPS) is 12.3. The van der Waals surface area contributed by atoms with Gasteiger partial charge in [0.05, 0.1) is 33.4 Å². The van der Waals surface area contributed by atoms with E-state index in [9.17, 15) is 0 Å². The molecule has 0 aliphatic heterocycles. The van der Waals surface area contributed by atoms with E-state index in [0.29, 0.717) is 0 Å². The molecule has 0 saturated carbocycles. The summed E-state index contributed by atoms with van der Waals surface area (Å²) in [4.78, 5) is 4.84. The van der Waals surface area contributed by atoms with E-state index >= 15 is 0 Å². The largest absolute Gasteiger partial charge is 0.309 e. The number of para-hydroxylation sites is 3. The van der Waals surface area contributed by atoms with Crippen molar-refractivity contribution in [1.29, 1.82) is 0 Å². The fourth-order valence-corrected chi connectivity index (χ4v) is 7.39. The van der Waals surface area contributed by atoms with E-state index in [1.807, 2.05) is 6.20 Å². The number of nitrogens with zero attached hydrogens (tertiary/aromatic N) is 3. The first kappa shape index (κ1) is 22.1. The molecule has 42 heavy (non-hydrogen) atoms. The summed E-state index contributed by atoms with van der Waals surface area (Å²) >= 11 is 0. The Morgan fingerprint density at radius 3 is 1.74 bits per heavy atom. The Balaban J connectivity index is 1.28. The number of fused-ring (bicyclic) bond motifs is 9. The number of rotatable bonds is 2. The fourth-order valence-electron chi connectivity index (χ4n) is 7.39. The summed E-state index contributed by atoms with van der Waals surface area (Å²) in [6.07, 6.45) is 1.96. The van der Waals surface area contributed by atoms with Crippen molar-refractivity contribution in [2.24, 2.45) is 0 Å². The minimum absolute atomic E-state index is 1.08. The SMILES string of the molecule is c1ccc2c(c1)-c1ccc(-n3c4ccccc4c4cc(-n5c6ccccc6c6ccccc65)ccc43)c3ccnc-2c13. The van der Waals surface area contributed by atoms with Crippen LogP contribution in [0.2, 0.25) is 0 Å². The van der Waals surface area contributed by atoms with Crippen LogP contribution in [0, 0.1) is 0 Å². The van der Waals surface area contributed by atoms with Crippen LogP contribution in [-0.4, -0.2) is 14.1 Å². The summed E-state index contributed by atoms with van der Waals surface area (Å²) in [5, 5.41) is 7.51. The van der Waals surface area contributed by atoms with Crippen molar-refractivity contribution in [2.75, 3.05) is 0 Å². The maximum Gasteiger partial charge on any atom is 0.0793 e. The van der Waals surface area contributed by atoms with Gasteiger partial charge < -0.3 is 9.13 Å². The lowest BCUT2D eigenvalue weighted by Gasteiger charge is -2.13. The third-order valence-electron chi connectivity index (χ3n) is 9.11. The lowest BCUT2D eigenvalue weighted by molar-refractivity contribution is 1.17. The monoisotopic (exact) mass is 533 g/mol. The summed E-state index contributed by atoms with van der Waals surface area (Å²) in [7, 11) is 0. The Hall–Kier alpha value is -5.67. The lowest BCUT2D eigenvalue weighted by Crippen LogP contribution is -1.97. The first-order chi connectivity index (χ1) is 20.9. The van der Waals surface area contributed by atoms with Crippen LogP contribution in [0.25, 0.3) is 88.1 Å². The Bertz CT molecular complexity index is 2500. The summed E-state index contributed by atoms with van der Waals surface area (Å²) < 4.78 is 4.84. The maximum absolute atomic E-state index is 4.84. The molecule has 0 amide bonds.